The van der Waals surface area contributed by atoms with Crippen LogP contribution in [-0.4, -0.2) is 18.8 Å². The number of para-hydroxylation sites is 1. The molecule has 0 spiro atoms. The first-order valence-corrected chi connectivity index (χ1v) is 6.13. The van der Waals surface area contributed by atoms with Crippen LogP contribution in [0.5, 0.6) is 0 Å². The van der Waals surface area contributed by atoms with Crippen molar-refractivity contribution in [2.75, 3.05) is 11.9 Å². The maximum Gasteiger partial charge on any atom is 0.0674 e. The molecule has 0 saturated carbocycles. The van der Waals surface area contributed by atoms with Gasteiger partial charge in [0.2, 0.25) is 0 Å². The van der Waals surface area contributed by atoms with Crippen LogP contribution in [0, 0.1) is 5.92 Å². The third kappa shape index (κ3) is 2.56. The predicted octanol–water partition coefficient (Wildman–Crippen LogP) is 3.08. The van der Waals surface area contributed by atoms with Gasteiger partial charge in [-0.05, 0) is 37.8 Å². The molecule has 0 saturated heterocycles. The van der Waals surface area contributed by atoms with Gasteiger partial charge in [-0.25, -0.2) is 0 Å². The highest BCUT2D eigenvalue weighted by Gasteiger charge is 2.24. The van der Waals surface area contributed by atoms with Crippen LogP contribution in [0.3, 0.4) is 0 Å². The Kier molecular flexibility index (Phi) is 3.49. The van der Waals surface area contributed by atoms with E-state index in [0.717, 1.165) is 13.0 Å². The van der Waals surface area contributed by atoms with Gasteiger partial charge in [-0.2, -0.15) is 0 Å². The van der Waals surface area contributed by atoms with Gasteiger partial charge in [-0.1, -0.05) is 25.1 Å². The average Bonchev–Trinajstić information content (AvgIpc) is 2.26. The normalized spacial score (nSPS) is 24.0. The molecule has 2 nitrogen and oxygen atoms in total. The standard InChI is InChI=1S/C14H21NO/c1-10(2)16-9-14-11(3)8-12-6-4-5-7-13(12)15-14/h4-7,10-11,14-15H,8-9H2,1-3H3. The van der Waals surface area contributed by atoms with Gasteiger partial charge in [0, 0.05) is 5.69 Å². The first-order valence-electron chi connectivity index (χ1n) is 6.13. The molecular weight excluding hydrogens is 198 g/mol. The minimum absolute atomic E-state index is 0.311. The van der Waals surface area contributed by atoms with Crippen molar-refractivity contribution in [2.45, 2.75) is 39.3 Å². The number of hydrogen-bond acceptors (Lipinski definition) is 2. The summed E-state index contributed by atoms with van der Waals surface area (Å²) in [6, 6.07) is 9.00. The predicted molar refractivity (Wildman–Crippen MR) is 67.8 cm³/mol. The Morgan fingerprint density at radius 3 is 2.88 bits per heavy atom. The molecule has 2 unspecified atom stereocenters. The van der Waals surface area contributed by atoms with E-state index in [9.17, 15) is 0 Å². The smallest absolute Gasteiger partial charge is 0.0674 e. The van der Waals surface area contributed by atoms with Crippen molar-refractivity contribution in [1.29, 1.82) is 0 Å². The van der Waals surface area contributed by atoms with Crippen LogP contribution < -0.4 is 5.32 Å². The third-order valence-corrected chi connectivity index (χ3v) is 3.20. The second-order valence-electron chi connectivity index (χ2n) is 4.97. The number of hydrogen-bond donors (Lipinski definition) is 1. The summed E-state index contributed by atoms with van der Waals surface area (Å²) in [6.45, 7) is 7.26. The summed E-state index contributed by atoms with van der Waals surface area (Å²) in [5.41, 5.74) is 2.70. The molecule has 0 radical (unpaired) electrons. The summed E-state index contributed by atoms with van der Waals surface area (Å²) in [4.78, 5) is 0. The fraction of sp³-hybridized carbons (Fsp3) is 0.571. The van der Waals surface area contributed by atoms with Gasteiger partial charge in [0.05, 0.1) is 18.8 Å². The van der Waals surface area contributed by atoms with E-state index in [4.69, 9.17) is 4.74 Å². The molecule has 0 amide bonds. The zero-order valence-electron chi connectivity index (χ0n) is 10.4. The Hall–Kier alpha value is -1.02. The van der Waals surface area contributed by atoms with Crippen LogP contribution in [0.15, 0.2) is 24.3 Å². The average molecular weight is 219 g/mol. The highest BCUT2D eigenvalue weighted by molar-refractivity contribution is 5.54. The lowest BCUT2D eigenvalue weighted by Crippen LogP contribution is -2.37. The van der Waals surface area contributed by atoms with Crippen molar-refractivity contribution in [2.24, 2.45) is 5.92 Å². The van der Waals surface area contributed by atoms with E-state index < -0.39 is 0 Å². The fourth-order valence-corrected chi connectivity index (χ4v) is 2.17. The van der Waals surface area contributed by atoms with Crippen molar-refractivity contribution in [3.63, 3.8) is 0 Å². The van der Waals surface area contributed by atoms with Gasteiger partial charge < -0.3 is 10.1 Å². The fourth-order valence-electron chi connectivity index (χ4n) is 2.17. The highest BCUT2D eigenvalue weighted by Crippen LogP contribution is 2.28. The SMILES string of the molecule is CC(C)OCC1Nc2ccccc2CC1C. The molecule has 2 heteroatoms. The Morgan fingerprint density at radius 1 is 1.38 bits per heavy atom. The molecule has 1 N–H and O–H groups in total. The molecule has 2 atom stereocenters. The molecule has 2 rings (SSSR count). The van der Waals surface area contributed by atoms with E-state index >= 15 is 0 Å². The van der Waals surface area contributed by atoms with E-state index in [1.807, 2.05) is 0 Å². The summed E-state index contributed by atoms with van der Waals surface area (Å²) in [5.74, 6) is 0.633. The Bertz CT molecular complexity index is 348. The maximum atomic E-state index is 5.70. The topological polar surface area (TPSA) is 21.3 Å². The number of nitrogens with one attached hydrogen (secondary N) is 1. The number of fused-ring (bicyclic) bond motifs is 1. The first-order chi connectivity index (χ1) is 7.66. The zero-order chi connectivity index (χ0) is 11.5. The van der Waals surface area contributed by atoms with Gasteiger partial charge >= 0.3 is 0 Å². The zero-order valence-corrected chi connectivity index (χ0v) is 10.4. The van der Waals surface area contributed by atoms with Crippen molar-refractivity contribution < 1.29 is 4.74 Å². The Morgan fingerprint density at radius 2 is 2.12 bits per heavy atom. The Labute approximate surface area is 98.0 Å². The molecule has 0 aliphatic carbocycles. The van der Waals surface area contributed by atoms with Crippen molar-refractivity contribution in [3.8, 4) is 0 Å². The number of rotatable bonds is 3. The highest BCUT2D eigenvalue weighted by atomic mass is 16.5. The molecule has 0 fully saturated rings. The second kappa shape index (κ2) is 4.88. The molecule has 1 aliphatic heterocycles. The van der Waals surface area contributed by atoms with E-state index in [1.54, 1.807) is 0 Å². The number of ether oxygens (including phenoxy) is 1. The number of benzene rings is 1. The van der Waals surface area contributed by atoms with E-state index in [2.05, 4.69) is 50.4 Å². The largest absolute Gasteiger partial charge is 0.379 e. The molecule has 1 heterocycles. The molecule has 88 valence electrons. The van der Waals surface area contributed by atoms with Gasteiger partial charge in [0.25, 0.3) is 0 Å². The summed E-state index contributed by atoms with van der Waals surface area (Å²) in [6.07, 6.45) is 1.46. The van der Waals surface area contributed by atoms with Gasteiger partial charge in [0.15, 0.2) is 0 Å². The van der Waals surface area contributed by atoms with Crippen LogP contribution >= 0.6 is 0 Å². The monoisotopic (exact) mass is 219 g/mol. The third-order valence-electron chi connectivity index (χ3n) is 3.20. The minimum atomic E-state index is 0.311. The van der Waals surface area contributed by atoms with Gasteiger partial charge in [-0.3, -0.25) is 0 Å². The van der Waals surface area contributed by atoms with Crippen LogP contribution in [0.4, 0.5) is 5.69 Å². The Balaban J connectivity index is 2.03. The lowest BCUT2D eigenvalue weighted by atomic mass is 9.89. The molecular formula is C14H21NO. The van der Waals surface area contributed by atoms with Crippen LogP contribution in [0.2, 0.25) is 0 Å². The second-order valence-corrected chi connectivity index (χ2v) is 4.97. The summed E-state index contributed by atoms with van der Waals surface area (Å²) < 4.78 is 5.70. The lowest BCUT2D eigenvalue weighted by Gasteiger charge is -2.33. The molecule has 0 bridgehead atoms. The summed E-state index contributed by atoms with van der Waals surface area (Å²) in [5, 5.41) is 3.58. The molecule has 1 aromatic carbocycles. The molecule has 1 aromatic rings. The van der Waals surface area contributed by atoms with Crippen molar-refractivity contribution >= 4 is 5.69 Å². The summed E-state index contributed by atoms with van der Waals surface area (Å²) >= 11 is 0. The maximum absolute atomic E-state index is 5.70. The lowest BCUT2D eigenvalue weighted by molar-refractivity contribution is 0.0621. The van der Waals surface area contributed by atoms with Crippen LogP contribution in [-0.2, 0) is 11.2 Å². The first kappa shape index (κ1) is 11.5. The van der Waals surface area contributed by atoms with Crippen molar-refractivity contribution in [1.82, 2.24) is 0 Å². The van der Waals surface area contributed by atoms with E-state index in [1.165, 1.54) is 11.3 Å². The summed E-state index contributed by atoms with van der Waals surface area (Å²) in [7, 11) is 0. The quantitative estimate of drug-likeness (QED) is 0.843. The van der Waals surface area contributed by atoms with Gasteiger partial charge in [-0.15, -0.1) is 0 Å². The molecule has 0 aromatic heterocycles. The van der Waals surface area contributed by atoms with Crippen LogP contribution in [0.1, 0.15) is 26.3 Å². The van der Waals surface area contributed by atoms with E-state index in [0.29, 0.717) is 18.1 Å². The minimum Gasteiger partial charge on any atom is -0.379 e. The van der Waals surface area contributed by atoms with Crippen molar-refractivity contribution in [3.05, 3.63) is 29.8 Å². The number of anilines is 1. The van der Waals surface area contributed by atoms with Crippen LogP contribution in [0.25, 0.3) is 0 Å². The van der Waals surface area contributed by atoms with E-state index in [-0.39, 0.29) is 0 Å². The van der Waals surface area contributed by atoms with Gasteiger partial charge in [0.1, 0.15) is 0 Å². The molecule has 1 aliphatic rings. The molecule has 16 heavy (non-hydrogen) atoms.